The van der Waals surface area contributed by atoms with Crippen molar-refractivity contribution in [2.75, 3.05) is 20.8 Å². The van der Waals surface area contributed by atoms with Crippen LogP contribution in [0.5, 0.6) is 0 Å². The minimum atomic E-state index is -0.345. The van der Waals surface area contributed by atoms with E-state index in [1.165, 1.54) is 7.11 Å². The van der Waals surface area contributed by atoms with Gasteiger partial charge in [0.25, 0.3) is 5.91 Å². The molecule has 6 nitrogen and oxygen atoms in total. The molecule has 1 aromatic rings. The third-order valence-corrected chi connectivity index (χ3v) is 2.68. The van der Waals surface area contributed by atoms with Crippen LogP contribution in [0.25, 0.3) is 0 Å². The number of nitrogens with one attached hydrogen (secondary N) is 1. The maximum Gasteiger partial charge on any atom is 0.307 e. The number of nitrogens with zero attached hydrogens (tertiary/aromatic N) is 1. The summed E-state index contributed by atoms with van der Waals surface area (Å²) in [5.41, 5.74) is 0.550. The van der Waals surface area contributed by atoms with E-state index in [2.05, 4.69) is 10.1 Å². The van der Waals surface area contributed by atoms with Crippen molar-refractivity contribution in [2.45, 2.75) is 25.9 Å². The second kappa shape index (κ2) is 7.58. The minimum absolute atomic E-state index is 0.154. The Kier molecular flexibility index (Phi) is 6.08. The van der Waals surface area contributed by atoms with E-state index in [1.807, 2.05) is 10.8 Å². The number of amides is 1. The van der Waals surface area contributed by atoms with E-state index >= 15 is 0 Å². The smallest absolute Gasteiger partial charge is 0.307 e. The van der Waals surface area contributed by atoms with Gasteiger partial charge in [-0.25, -0.2) is 0 Å². The molecule has 6 heteroatoms. The first kappa shape index (κ1) is 15.2. The molecule has 0 aliphatic carbocycles. The quantitative estimate of drug-likeness (QED) is 0.743. The zero-order valence-electron chi connectivity index (χ0n) is 11.5. The molecule has 0 aliphatic heterocycles. The van der Waals surface area contributed by atoms with Gasteiger partial charge in [0.2, 0.25) is 0 Å². The highest BCUT2D eigenvalue weighted by molar-refractivity contribution is 5.93. The molecule has 1 amide bonds. The normalized spacial score (nSPS) is 11.9. The summed E-state index contributed by atoms with van der Waals surface area (Å²) >= 11 is 0. The fourth-order valence-electron chi connectivity index (χ4n) is 1.69. The minimum Gasteiger partial charge on any atom is -0.469 e. The Bertz CT molecular complexity index is 428. The van der Waals surface area contributed by atoms with Crippen molar-refractivity contribution >= 4 is 11.9 Å². The standard InChI is InChI=1S/C13H20N2O4/c1-10(9-12(16)19-3)14-13(17)11-5-4-6-15(11)7-8-18-2/h4-6,10H,7-9H2,1-3H3,(H,14,17). The third kappa shape index (κ3) is 4.75. The van der Waals surface area contributed by atoms with Gasteiger partial charge in [0.05, 0.1) is 20.1 Å². The summed E-state index contributed by atoms with van der Waals surface area (Å²) in [7, 11) is 2.94. The molecule has 1 N–H and O–H groups in total. The second-order valence-electron chi connectivity index (χ2n) is 4.23. The van der Waals surface area contributed by atoms with Crippen LogP contribution in [0.2, 0.25) is 0 Å². The maximum absolute atomic E-state index is 12.0. The predicted molar refractivity (Wildman–Crippen MR) is 69.9 cm³/mol. The average molecular weight is 268 g/mol. The van der Waals surface area contributed by atoms with Gasteiger partial charge < -0.3 is 19.4 Å². The summed E-state index contributed by atoms with van der Waals surface area (Å²) in [6.45, 7) is 2.90. The molecule has 0 aromatic carbocycles. The van der Waals surface area contributed by atoms with E-state index in [0.717, 1.165) is 0 Å². The van der Waals surface area contributed by atoms with Crippen LogP contribution >= 0.6 is 0 Å². The summed E-state index contributed by atoms with van der Waals surface area (Å²) in [5.74, 6) is -0.555. The first-order valence-corrected chi connectivity index (χ1v) is 6.10. The summed E-state index contributed by atoms with van der Waals surface area (Å²) in [6.07, 6.45) is 1.97. The van der Waals surface area contributed by atoms with Crippen molar-refractivity contribution < 1.29 is 19.1 Å². The van der Waals surface area contributed by atoms with Crippen molar-refractivity contribution in [3.8, 4) is 0 Å². The topological polar surface area (TPSA) is 69.6 Å². The third-order valence-electron chi connectivity index (χ3n) is 2.68. The van der Waals surface area contributed by atoms with E-state index in [4.69, 9.17) is 4.74 Å². The lowest BCUT2D eigenvalue weighted by Crippen LogP contribution is -2.35. The van der Waals surface area contributed by atoms with Gasteiger partial charge in [-0.05, 0) is 19.1 Å². The molecule has 0 aliphatic rings. The van der Waals surface area contributed by atoms with Crippen LogP contribution < -0.4 is 5.32 Å². The number of carbonyl (C=O) groups excluding carboxylic acids is 2. The van der Waals surface area contributed by atoms with Crippen molar-refractivity contribution in [2.24, 2.45) is 0 Å². The van der Waals surface area contributed by atoms with Crippen LogP contribution in [0, 0.1) is 0 Å². The van der Waals surface area contributed by atoms with Gasteiger partial charge in [-0.2, -0.15) is 0 Å². The summed E-state index contributed by atoms with van der Waals surface area (Å²) < 4.78 is 11.4. The Morgan fingerprint density at radius 3 is 2.79 bits per heavy atom. The highest BCUT2D eigenvalue weighted by atomic mass is 16.5. The van der Waals surface area contributed by atoms with Crippen LogP contribution in [0.15, 0.2) is 18.3 Å². The van der Waals surface area contributed by atoms with E-state index in [-0.39, 0.29) is 24.3 Å². The molecule has 1 atom stereocenters. The Morgan fingerprint density at radius 2 is 2.16 bits per heavy atom. The Balaban J connectivity index is 2.57. The molecule has 1 aromatic heterocycles. The van der Waals surface area contributed by atoms with Gasteiger partial charge in [-0.15, -0.1) is 0 Å². The SMILES string of the molecule is COCCn1cccc1C(=O)NC(C)CC(=O)OC. The van der Waals surface area contributed by atoms with Gasteiger partial charge in [-0.1, -0.05) is 0 Å². The van der Waals surface area contributed by atoms with Crippen molar-refractivity contribution in [1.29, 1.82) is 0 Å². The van der Waals surface area contributed by atoms with Crippen molar-refractivity contribution in [3.63, 3.8) is 0 Å². The van der Waals surface area contributed by atoms with Gasteiger partial charge in [-0.3, -0.25) is 9.59 Å². The van der Waals surface area contributed by atoms with Gasteiger partial charge in [0.15, 0.2) is 0 Å². The fourth-order valence-corrected chi connectivity index (χ4v) is 1.69. The molecule has 0 saturated heterocycles. The molecule has 1 unspecified atom stereocenters. The molecule has 1 rings (SSSR count). The number of esters is 1. The zero-order chi connectivity index (χ0) is 14.3. The maximum atomic E-state index is 12.0. The lowest BCUT2D eigenvalue weighted by Gasteiger charge is -2.14. The molecular weight excluding hydrogens is 248 g/mol. The van der Waals surface area contributed by atoms with E-state index in [0.29, 0.717) is 18.8 Å². The highest BCUT2D eigenvalue weighted by Gasteiger charge is 2.15. The second-order valence-corrected chi connectivity index (χ2v) is 4.23. The number of methoxy groups -OCH3 is 2. The van der Waals surface area contributed by atoms with E-state index in [9.17, 15) is 9.59 Å². The molecule has 19 heavy (non-hydrogen) atoms. The summed E-state index contributed by atoms with van der Waals surface area (Å²) in [6, 6.07) is 3.26. The number of hydrogen-bond acceptors (Lipinski definition) is 4. The molecule has 0 fully saturated rings. The average Bonchev–Trinajstić information content (AvgIpc) is 2.84. The molecule has 1 heterocycles. The molecule has 106 valence electrons. The van der Waals surface area contributed by atoms with Crippen molar-refractivity contribution in [3.05, 3.63) is 24.0 Å². The molecule has 0 bridgehead atoms. The van der Waals surface area contributed by atoms with Crippen LogP contribution in [-0.2, 0) is 20.8 Å². The lowest BCUT2D eigenvalue weighted by molar-refractivity contribution is -0.141. The number of aromatic nitrogens is 1. The predicted octanol–water partition coefficient (Wildman–Crippen LogP) is 0.816. The lowest BCUT2D eigenvalue weighted by atomic mass is 10.2. The fraction of sp³-hybridized carbons (Fsp3) is 0.538. The van der Waals surface area contributed by atoms with Crippen LogP contribution in [0.3, 0.4) is 0 Å². The zero-order valence-corrected chi connectivity index (χ0v) is 11.5. The molecule has 0 spiro atoms. The van der Waals surface area contributed by atoms with E-state index in [1.54, 1.807) is 26.2 Å². The summed E-state index contributed by atoms with van der Waals surface area (Å²) in [4.78, 5) is 23.1. The van der Waals surface area contributed by atoms with Crippen molar-refractivity contribution in [1.82, 2.24) is 9.88 Å². The highest BCUT2D eigenvalue weighted by Crippen LogP contribution is 2.04. The molecular formula is C13H20N2O4. The number of ether oxygens (including phenoxy) is 2. The number of carbonyl (C=O) groups is 2. The number of hydrogen-bond donors (Lipinski definition) is 1. The monoisotopic (exact) mass is 268 g/mol. The Morgan fingerprint density at radius 1 is 1.42 bits per heavy atom. The molecule has 0 radical (unpaired) electrons. The largest absolute Gasteiger partial charge is 0.469 e. The van der Waals surface area contributed by atoms with Crippen LogP contribution in [0.1, 0.15) is 23.8 Å². The first-order valence-electron chi connectivity index (χ1n) is 6.10. The Hall–Kier alpha value is -1.82. The van der Waals surface area contributed by atoms with E-state index < -0.39 is 0 Å². The van der Waals surface area contributed by atoms with Gasteiger partial charge in [0.1, 0.15) is 5.69 Å². The first-order chi connectivity index (χ1) is 9.08. The van der Waals surface area contributed by atoms with Gasteiger partial charge >= 0.3 is 5.97 Å². The van der Waals surface area contributed by atoms with Crippen LogP contribution in [0.4, 0.5) is 0 Å². The van der Waals surface area contributed by atoms with Gasteiger partial charge in [0, 0.05) is 25.9 Å². The van der Waals surface area contributed by atoms with Crippen LogP contribution in [-0.4, -0.2) is 43.3 Å². The Labute approximate surface area is 112 Å². The number of rotatable bonds is 7. The molecule has 0 saturated carbocycles. The summed E-state index contributed by atoms with van der Waals surface area (Å²) in [5, 5.41) is 2.76.